The van der Waals surface area contributed by atoms with Crippen LogP contribution in [0, 0.1) is 0 Å². The standard InChI is InChI=1S/C11H8Cl2N4S/c12-10-9-7(2-1-3-8(9)16-17-10)14-4-6-5-15-11(13)18-6/h1-3,5,14H,4H2,(H,16,17). The zero-order chi connectivity index (χ0) is 12.5. The molecular weight excluding hydrogens is 291 g/mol. The fourth-order valence-electron chi connectivity index (χ4n) is 1.72. The fraction of sp³-hybridized carbons (Fsp3) is 0.0909. The van der Waals surface area contributed by atoms with Gasteiger partial charge in [0.1, 0.15) is 5.15 Å². The lowest BCUT2D eigenvalue weighted by atomic mass is 10.2. The van der Waals surface area contributed by atoms with E-state index < -0.39 is 0 Å². The van der Waals surface area contributed by atoms with Gasteiger partial charge in [-0.15, -0.1) is 11.3 Å². The number of aromatic amines is 1. The van der Waals surface area contributed by atoms with E-state index >= 15 is 0 Å². The molecule has 0 atom stereocenters. The molecule has 0 spiro atoms. The maximum atomic E-state index is 6.07. The van der Waals surface area contributed by atoms with Gasteiger partial charge < -0.3 is 5.32 Å². The lowest BCUT2D eigenvalue weighted by Crippen LogP contribution is -1.97. The summed E-state index contributed by atoms with van der Waals surface area (Å²) in [7, 11) is 0. The Morgan fingerprint density at radius 2 is 2.22 bits per heavy atom. The van der Waals surface area contributed by atoms with Crippen LogP contribution in [0.5, 0.6) is 0 Å². The molecule has 0 saturated heterocycles. The zero-order valence-electron chi connectivity index (χ0n) is 9.08. The number of aromatic nitrogens is 3. The average Bonchev–Trinajstić information content (AvgIpc) is 2.94. The summed E-state index contributed by atoms with van der Waals surface area (Å²) >= 11 is 13.3. The van der Waals surface area contributed by atoms with Gasteiger partial charge in [-0.3, -0.25) is 5.10 Å². The minimum Gasteiger partial charge on any atom is -0.379 e. The summed E-state index contributed by atoms with van der Waals surface area (Å²) in [6.07, 6.45) is 1.76. The summed E-state index contributed by atoms with van der Waals surface area (Å²) in [6, 6.07) is 5.81. The number of rotatable bonds is 3. The van der Waals surface area contributed by atoms with Gasteiger partial charge in [0.05, 0.1) is 17.4 Å². The van der Waals surface area contributed by atoms with Crippen LogP contribution in [0.2, 0.25) is 9.62 Å². The molecule has 4 nitrogen and oxygen atoms in total. The van der Waals surface area contributed by atoms with Crippen LogP contribution < -0.4 is 5.32 Å². The second-order valence-electron chi connectivity index (χ2n) is 3.67. The van der Waals surface area contributed by atoms with E-state index in [1.54, 1.807) is 6.20 Å². The van der Waals surface area contributed by atoms with Crippen molar-refractivity contribution in [2.24, 2.45) is 0 Å². The van der Waals surface area contributed by atoms with E-state index in [9.17, 15) is 0 Å². The molecule has 0 saturated carbocycles. The van der Waals surface area contributed by atoms with E-state index in [-0.39, 0.29) is 0 Å². The number of thiazole rings is 1. The summed E-state index contributed by atoms with van der Waals surface area (Å²) in [5.41, 5.74) is 1.78. The molecule has 0 bridgehead atoms. The van der Waals surface area contributed by atoms with E-state index in [1.807, 2.05) is 18.2 Å². The monoisotopic (exact) mass is 298 g/mol. The van der Waals surface area contributed by atoms with Gasteiger partial charge in [-0.1, -0.05) is 29.3 Å². The Labute approximate surface area is 117 Å². The number of halogens is 2. The largest absolute Gasteiger partial charge is 0.379 e. The van der Waals surface area contributed by atoms with Crippen LogP contribution in [0.1, 0.15) is 4.88 Å². The molecule has 92 valence electrons. The van der Waals surface area contributed by atoms with Crippen LogP contribution in [0.15, 0.2) is 24.4 Å². The van der Waals surface area contributed by atoms with E-state index in [4.69, 9.17) is 23.2 Å². The van der Waals surface area contributed by atoms with Crippen molar-refractivity contribution in [1.82, 2.24) is 15.2 Å². The van der Waals surface area contributed by atoms with Gasteiger partial charge in [-0.2, -0.15) is 5.10 Å². The lowest BCUT2D eigenvalue weighted by Gasteiger charge is -2.05. The number of H-pyrrole nitrogens is 1. The highest BCUT2D eigenvalue weighted by Gasteiger charge is 2.08. The molecule has 0 aliphatic carbocycles. The molecule has 2 heterocycles. The van der Waals surface area contributed by atoms with Gasteiger partial charge in [0.15, 0.2) is 4.47 Å². The minimum atomic E-state index is 0.537. The number of nitrogens with one attached hydrogen (secondary N) is 2. The summed E-state index contributed by atoms with van der Waals surface area (Å²) in [5.74, 6) is 0. The number of nitrogens with zero attached hydrogens (tertiary/aromatic N) is 2. The van der Waals surface area contributed by atoms with Crippen LogP contribution in [0.3, 0.4) is 0 Å². The number of hydrogen-bond donors (Lipinski definition) is 2. The third kappa shape index (κ3) is 2.16. The Hall–Kier alpha value is -1.30. The molecule has 0 amide bonds. The van der Waals surface area contributed by atoms with Crippen LogP contribution in [-0.2, 0) is 6.54 Å². The van der Waals surface area contributed by atoms with Crippen molar-refractivity contribution in [3.63, 3.8) is 0 Å². The number of hydrogen-bond acceptors (Lipinski definition) is 4. The van der Waals surface area contributed by atoms with E-state index in [0.717, 1.165) is 21.5 Å². The summed E-state index contributed by atoms with van der Waals surface area (Å²) < 4.78 is 0.548. The lowest BCUT2D eigenvalue weighted by molar-refractivity contribution is 1.12. The van der Waals surface area contributed by atoms with Crippen molar-refractivity contribution in [2.45, 2.75) is 6.54 Å². The highest BCUT2D eigenvalue weighted by molar-refractivity contribution is 7.15. The van der Waals surface area contributed by atoms with E-state index in [1.165, 1.54) is 11.3 Å². The maximum Gasteiger partial charge on any atom is 0.183 e. The molecule has 3 aromatic rings. The normalized spacial score (nSPS) is 11.0. The molecule has 3 rings (SSSR count). The number of anilines is 1. The molecule has 0 fully saturated rings. The SMILES string of the molecule is Clc1ncc(CNc2cccc3n[nH]c(Cl)c23)s1. The molecule has 18 heavy (non-hydrogen) atoms. The second kappa shape index (κ2) is 4.76. The van der Waals surface area contributed by atoms with Gasteiger partial charge in [-0.25, -0.2) is 4.98 Å². The minimum absolute atomic E-state index is 0.537. The molecule has 0 radical (unpaired) electrons. The van der Waals surface area contributed by atoms with Crippen molar-refractivity contribution in [2.75, 3.05) is 5.32 Å². The van der Waals surface area contributed by atoms with Crippen LogP contribution in [0.25, 0.3) is 10.9 Å². The highest BCUT2D eigenvalue weighted by atomic mass is 35.5. The first kappa shape index (κ1) is 11.8. The third-order valence-electron chi connectivity index (χ3n) is 2.51. The molecular formula is C11H8Cl2N4S. The molecule has 0 aliphatic heterocycles. The highest BCUT2D eigenvalue weighted by Crippen LogP contribution is 2.29. The van der Waals surface area contributed by atoms with Gasteiger partial charge in [0, 0.05) is 16.8 Å². The Morgan fingerprint density at radius 1 is 1.33 bits per heavy atom. The molecule has 2 N–H and O–H groups in total. The van der Waals surface area contributed by atoms with Gasteiger partial charge in [0.25, 0.3) is 0 Å². The molecule has 7 heteroatoms. The van der Waals surface area contributed by atoms with E-state index in [0.29, 0.717) is 16.2 Å². The first-order valence-electron chi connectivity index (χ1n) is 5.21. The summed E-state index contributed by atoms with van der Waals surface area (Å²) in [5, 5.41) is 11.6. The Bertz CT molecular complexity index is 691. The van der Waals surface area contributed by atoms with Crippen LogP contribution in [-0.4, -0.2) is 15.2 Å². The van der Waals surface area contributed by atoms with Crippen LogP contribution in [0.4, 0.5) is 5.69 Å². The first-order valence-corrected chi connectivity index (χ1v) is 6.78. The number of benzene rings is 1. The van der Waals surface area contributed by atoms with Crippen LogP contribution >= 0.6 is 34.5 Å². The molecule has 2 aromatic heterocycles. The van der Waals surface area contributed by atoms with Crippen molar-refractivity contribution < 1.29 is 0 Å². The van der Waals surface area contributed by atoms with Crippen molar-refractivity contribution >= 4 is 51.1 Å². The van der Waals surface area contributed by atoms with Crippen molar-refractivity contribution in [1.29, 1.82) is 0 Å². The maximum absolute atomic E-state index is 6.07. The van der Waals surface area contributed by atoms with Gasteiger partial charge in [0.2, 0.25) is 0 Å². The molecule has 0 aliphatic rings. The average molecular weight is 299 g/mol. The van der Waals surface area contributed by atoms with Crippen molar-refractivity contribution in [3.05, 3.63) is 38.9 Å². The smallest absolute Gasteiger partial charge is 0.183 e. The van der Waals surface area contributed by atoms with Gasteiger partial charge >= 0.3 is 0 Å². The molecule has 0 unspecified atom stereocenters. The van der Waals surface area contributed by atoms with E-state index in [2.05, 4.69) is 20.5 Å². The Balaban J connectivity index is 1.88. The topological polar surface area (TPSA) is 53.6 Å². The fourth-order valence-corrected chi connectivity index (χ4v) is 2.88. The quantitative estimate of drug-likeness (QED) is 0.770. The zero-order valence-corrected chi connectivity index (χ0v) is 11.4. The third-order valence-corrected chi connectivity index (χ3v) is 3.90. The first-order chi connectivity index (χ1) is 8.74. The Morgan fingerprint density at radius 3 is 3.00 bits per heavy atom. The predicted octanol–water partition coefficient (Wildman–Crippen LogP) is 3.94. The predicted molar refractivity (Wildman–Crippen MR) is 75.6 cm³/mol. The number of fused-ring (bicyclic) bond motifs is 1. The molecule has 1 aromatic carbocycles. The second-order valence-corrected chi connectivity index (χ2v) is 5.75. The van der Waals surface area contributed by atoms with Crippen molar-refractivity contribution in [3.8, 4) is 0 Å². The summed E-state index contributed by atoms with van der Waals surface area (Å²) in [6.45, 7) is 0.658. The summed E-state index contributed by atoms with van der Waals surface area (Å²) in [4.78, 5) is 5.06. The Kier molecular flexibility index (Phi) is 3.11. The van der Waals surface area contributed by atoms with Gasteiger partial charge in [-0.05, 0) is 12.1 Å².